The van der Waals surface area contributed by atoms with Crippen molar-refractivity contribution in [2.45, 2.75) is 17.7 Å². The SMILES string of the molecule is O=C(O)CCc1cn(S(=O)(=O)c2cccc(-c3ccc(F)cc3F)c2)c2ccc(F)cc12. The Morgan fingerprint density at radius 3 is 2.38 bits per heavy atom. The van der Waals surface area contributed by atoms with Crippen LogP contribution >= 0.6 is 0 Å². The van der Waals surface area contributed by atoms with Gasteiger partial charge in [-0.1, -0.05) is 12.1 Å². The zero-order chi connectivity index (χ0) is 23.0. The Labute approximate surface area is 181 Å². The highest BCUT2D eigenvalue weighted by Gasteiger charge is 2.23. The van der Waals surface area contributed by atoms with E-state index >= 15 is 0 Å². The summed E-state index contributed by atoms with van der Waals surface area (Å²) in [5.74, 6) is -3.25. The van der Waals surface area contributed by atoms with Crippen molar-refractivity contribution in [2.75, 3.05) is 0 Å². The van der Waals surface area contributed by atoms with Crippen molar-refractivity contribution in [3.8, 4) is 11.1 Å². The molecule has 9 heteroatoms. The molecule has 32 heavy (non-hydrogen) atoms. The van der Waals surface area contributed by atoms with Crippen LogP contribution in [0.2, 0.25) is 0 Å². The van der Waals surface area contributed by atoms with Crippen LogP contribution in [0.1, 0.15) is 12.0 Å². The molecule has 3 aromatic carbocycles. The van der Waals surface area contributed by atoms with Crippen LogP contribution < -0.4 is 0 Å². The summed E-state index contributed by atoms with van der Waals surface area (Å²) in [4.78, 5) is 10.8. The van der Waals surface area contributed by atoms with Gasteiger partial charge in [-0.3, -0.25) is 4.79 Å². The number of benzene rings is 3. The van der Waals surface area contributed by atoms with Crippen LogP contribution in [0.5, 0.6) is 0 Å². The van der Waals surface area contributed by atoms with Crippen molar-refractivity contribution < 1.29 is 31.5 Å². The number of carbonyl (C=O) groups is 1. The average molecular weight is 459 g/mol. The first-order valence-electron chi connectivity index (χ1n) is 9.49. The molecule has 1 aromatic heterocycles. The van der Waals surface area contributed by atoms with Crippen molar-refractivity contribution >= 4 is 26.9 Å². The molecule has 0 bridgehead atoms. The number of carboxylic acid groups (broad SMARTS) is 1. The first kappa shape index (κ1) is 21.6. The van der Waals surface area contributed by atoms with E-state index in [1.807, 2.05) is 0 Å². The Morgan fingerprint density at radius 2 is 1.66 bits per heavy atom. The maximum Gasteiger partial charge on any atom is 0.303 e. The summed E-state index contributed by atoms with van der Waals surface area (Å²) in [6.07, 6.45) is 1.03. The van der Waals surface area contributed by atoms with Gasteiger partial charge in [-0.2, -0.15) is 0 Å². The molecule has 0 aliphatic carbocycles. The Morgan fingerprint density at radius 1 is 0.938 bits per heavy atom. The van der Waals surface area contributed by atoms with E-state index < -0.39 is 33.4 Å². The van der Waals surface area contributed by atoms with Crippen LogP contribution in [-0.4, -0.2) is 23.5 Å². The molecule has 0 saturated carbocycles. The number of hydrogen-bond acceptors (Lipinski definition) is 3. The Hall–Kier alpha value is -3.59. The molecule has 4 aromatic rings. The number of aromatic nitrogens is 1. The fourth-order valence-electron chi connectivity index (χ4n) is 3.54. The lowest BCUT2D eigenvalue weighted by Gasteiger charge is -2.10. The fourth-order valence-corrected chi connectivity index (χ4v) is 4.98. The first-order chi connectivity index (χ1) is 15.2. The van der Waals surface area contributed by atoms with E-state index in [2.05, 4.69) is 0 Å². The molecule has 0 spiro atoms. The van der Waals surface area contributed by atoms with Gasteiger partial charge in [0, 0.05) is 29.6 Å². The number of fused-ring (bicyclic) bond motifs is 1. The summed E-state index contributed by atoms with van der Waals surface area (Å²) >= 11 is 0. The summed E-state index contributed by atoms with van der Waals surface area (Å²) in [6, 6.07) is 12.1. The number of carboxylic acids is 1. The van der Waals surface area contributed by atoms with Gasteiger partial charge in [0.15, 0.2) is 0 Å². The third kappa shape index (κ3) is 3.99. The molecule has 0 atom stereocenters. The topological polar surface area (TPSA) is 76.4 Å². The van der Waals surface area contributed by atoms with Gasteiger partial charge < -0.3 is 5.11 Å². The second-order valence-corrected chi connectivity index (χ2v) is 8.98. The van der Waals surface area contributed by atoms with E-state index in [0.717, 1.165) is 22.2 Å². The molecule has 0 aliphatic heterocycles. The second-order valence-electron chi connectivity index (χ2n) is 7.16. The molecule has 0 aliphatic rings. The zero-order valence-corrected chi connectivity index (χ0v) is 17.2. The number of rotatable bonds is 6. The minimum Gasteiger partial charge on any atom is -0.481 e. The van der Waals surface area contributed by atoms with Crippen molar-refractivity contribution in [3.05, 3.63) is 89.9 Å². The summed E-state index contributed by atoms with van der Waals surface area (Å²) in [5.41, 5.74) is 0.818. The quantitative estimate of drug-likeness (QED) is 0.441. The molecular weight excluding hydrogens is 443 g/mol. The lowest BCUT2D eigenvalue weighted by molar-refractivity contribution is -0.136. The van der Waals surface area contributed by atoms with Gasteiger partial charge in [0.1, 0.15) is 17.5 Å². The zero-order valence-electron chi connectivity index (χ0n) is 16.4. The molecule has 0 fully saturated rings. The molecule has 0 radical (unpaired) electrons. The van der Waals surface area contributed by atoms with E-state index in [0.29, 0.717) is 11.6 Å². The van der Waals surface area contributed by atoms with Gasteiger partial charge in [-0.25, -0.2) is 25.6 Å². The fraction of sp³-hybridized carbons (Fsp3) is 0.0870. The van der Waals surface area contributed by atoms with Crippen LogP contribution in [0, 0.1) is 17.5 Å². The van der Waals surface area contributed by atoms with Gasteiger partial charge in [0.05, 0.1) is 10.4 Å². The van der Waals surface area contributed by atoms with Crippen LogP contribution in [0.15, 0.2) is 71.8 Å². The Balaban J connectivity index is 1.84. The monoisotopic (exact) mass is 459 g/mol. The van der Waals surface area contributed by atoms with Gasteiger partial charge in [0.25, 0.3) is 10.0 Å². The van der Waals surface area contributed by atoms with E-state index in [4.69, 9.17) is 5.11 Å². The number of halogens is 3. The van der Waals surface area contributed by atoms with Crippen LogP contribution in [0.25, 0.3) is 22.0 Å². The molecule has 0 amide bonds. The highest BCUT2D eigenvalue weighted by molar-refractivity contribution is 7.90. The first-order valence-corrected chi connectivity index (χ1v) is 10.9. The normalized spacial score (nSPS) is 11.7. The van der Waals surface area contributed by atoms with Crippen molar-refractivity contribution in [3.63, 3.8) is 0 Å². The smallest absolute Gasteiger partial charge is 0.303 e. The molecule has 4 rings (SSSR count). The summed E-state index contributed by atoms with van der Waals surface area (Å²) < 4.78 is 69.0. The van der Waals surface area contributed by atoms with Crippen molar-refractivity contribution in [2.24, 2.45) is 0 Å². The number of aliphatic carboxylic acids is 1. The lowest BCUT2D eigenvalue weighted by atomic mass is 10.1. The van der Waals surface area contributed by atoms with Crippen molar-refractivity contribution in [1.82, 2.24) is 3.97 Å². The molecule has 1 heterocycles. The standard InChI is InChI=1S/C23H16F3NO4S/c24-16-6-8-22-20(11-16)15(4-9-23(28)29)13-27(22)32(30,31)18-3-1-2-14(10-18)19-7-5-17(25)12-21(19)26/h1-3,5-8,10-13H,4,9H2,(H,28,29). The van der Waals surface area contributed by atoms with E-state index in [1.165, 1.54) is 42.6 Å². The minimum atomic E-state index is -4.20. The highest BCUT2D eigenvalue weighted by Crippen LogP contribution is 2.30. The molecular formula is C23H16F3NO4S. The lowest BCUT2D eigenvalue weighted by Crippen LogP contribution is -2.12. The predicted octanol–water partition coefficient (Wildman–Crippen LogP) is 4.98. The molecule has 1 N–H and O–H groups in total. The summed E-state index contributed by atoms with van der Waals surface area (Å²) in [6.45, 7) is 0. The maximum atomic E-state index is 14.2. The van der Waals surface area contributed by atoms with Gasteiger partial charge in [-0.15, -0.1) is 0 Å². The van der Waals surface area contributed by atoms with Gasteiger partial charge in [0.2, 0.25) is 0 Å². The van der Waals surface area contributed by atoms with E-state index in [-0.39, 0.29) is 39.8 Å². The molecule has 0 saturated heterocycles. The third-order valence-electron chi connectivity index (χ3n) is 5.06. The Bertz CT molecular complexity index is 1460. The van der Waals surface area contributed by atoms with Crippen LogP contribution in [0.3, 0.4) is 0 Å². The number of hydrogen-bond donors (Lipinski definition) is 1. The molecule has 164 valence electrons. The van der Waals surface area contributed by atoms with Crippen LogP contribution in [-0.2, 0) is 21.2 Å². The average Bonchev–Trinajstić information content (AvgIpc) is 3.11. The summed E-state index contributed by atoms with van der Waals surface area (Å²) in [7, 11) is -4.20. The molecule has 5 nitrogen and oxygen atoms in total. The number of aryl methyl sites for hydroxylation is 1. The highest BCUT2D eigenvalue weighted by atomic mass is 32.2. The van der Waals surface area contributed by atoms with Crippen molar-refractivity contribution in [1.29, 1.82) is 0 Å². The summed E-state index contributed by atoms with van der Waals surface area (Å²) in [5, 5.41) is 9.26. The third-order valence-corrected chi connectivity index (χ3v) is 6.73. The largest absolute Gasteiger partial charge is 0.481 e. The minimum absolute atomic E-state index is 0.0125. The van der Waals surface area contributed by atoms with Gasteiger partial charge >= 0.3 is 5.97 Å². The van der Waals surface area contributed by atoms with E-state index in [9.17, 15) is 26.4 Å². The molecule has 0 unspecified atom stereocenters. The second kappa shape index (κ2) is 8.16. The van der Waals surface area contributed by atoms with Gasteiger partial charge in [-0.05, 0) is 60.0 Å². The van der Waals surface area contributed by atoms with Crippen LogP contribution in [0.4, 0.5) is 13.2 Å². The number of nitrogens with zero attached hydrogens (tertiary/aromatic N) is 1. The van der Waals surface area contributed by atoms with E-state index in [1.54, 1.807) is 0 Å². The Kier molecular flexibility index (Phi) is 5.52. The maximum absolute atomic E-state index is 14.2. The predicted molar refractivity (Wildman–Crippen MR) is 112 cm³/mol.